The molecule has 1 aliphatic carbocycles. The molecule has 1 aromatic carbocycles. The van der Waals surface area contributed by atoms with Crippen molar-refractivity contribution in [2.75, 3.05) is 5.32 Å². The highest BCUT2D eigenvalue weighted by Gasteiger charge is 2.73. The van der Waals surface area contributed by atoms with Gasteiger partial charge in [0.15, 0.2) is 0 Å². The molecule has 34 heavy (non-hydrogen) atoms. The smallest absolute Gasteiger partial charge is 0.246 e. The Morgan fingerprint density at radius 2 is 1.85 bits per heavy atom. The standard InChI is InChI=1S/C27H35N3O4/c1-4-17(3)30-23(25(32)29-18-8-6-5-7-9-18)27-15-14-20(34-27)21(22(27)26(30)33)24(31)28-19-12-10-16(2)11-13-19/h10-15,17-18,20-23H,4-9H2,1-3H3,(H,28,31)(H,29,32). The molecule has 6 unspecified atom stereocenters. The highest BCUT2D eigenvalue weighted by molar-refractivity contribution is 6.02. The van der Waals surface area contributed by atoms with Crippen LogP contribution in [-0.4, -0.2) is 52.5 Å². The molecular weight excluding hydrogens is 430 g/mol. The van der Waals surface area contributed by atoms with Crippen LogP contribution in [0.15, 0.2) is 36.4 Å². The summed E-state index contributed by atoms with van der Waals surface area (Å²) in [6.45, 7) is 5.96. The summed E-state index contributed by atoms with van der Waals surface area (Å²) in [5.41, 5.74) is 0.691. The molecule has 3 amide bonds. The number of ether oxygens (including phenoxy) is 1. The maximum absolute atomic E-state index is 13.8. The van der Waals surface area contributed by atoms with Crippen molar-refractivity contribution < 1.29 is 19.1 Å². The highest BCUT2D eigenvalue weighted by atomic mass is 16.5. The number of hydrogen-bond acceptors (Lipinski definition) is 4. The van der Waals surface area contributed by atoms with Crippen molar-refractivity contribution in [2.45, 2.75) is 89.1 Å². The number of hydrogen-bond donors (Lipinski definition) is 2. The first-order valence-electron chi connectivity index (χ1n) is 12.7. The van der Waals surface area contributed by atoms with Crippen LogP contribution in [0.25, 0.3) is 0 Å². The van der Waals surface area contributed by atoms with E-state index in [-0.39, 0.29) is 29.8 Å². The van der Waals surface area contributed by atoms with Crippen molar-refractivity contribution in [1.82, 2.24) is 10.2 Å². The molecule has 2 N–H and O–H groups in total. The highest BCUT2D eigenvalue weighted by Crippen LogP contribution is 2.55. The SMILES string of the molecule is CCC(C)N1C(=O)C2C(C(=O)Nc3ccc(C)cc3)C3C=CC2(O3)C1C(=O)NC1CCCCC1. The van der Waals surface area contributed by atoms with E-state index < -0.39 is 29.6 Å². The number of anilines is 1. The number of aryl methyl sites for hydroxylation is 1. The summed E-state index contributed by atoms with van der Waals surface area (Å²) in [6.07, 6.45) is 9.30. The van der Waals surface area contributed by atoms with Gasteiger partial charge in [0.05, 0.1) is 17.9 Å². The van der Waals surface area contributed by atoms with Crippen molar-refractivity contribution in [3.8, 4) is 0 Å². The van der Waals surface area contributed by atoms with Gasteiger partial charge in [0.2, 0.25) is 17.7 Å². The Morgan fingerprint density at radius 3 is 2.53 bits per heavy atom. The van der Waals surface area contributed by atoms with Crippen LogP contribution in [0.2, 0.25) is 0 Å². The molecule has 1 saturated carbocycles. The van der Waals surface area contributed by atoms with Gasteiger partial charge >= 0.3 is 0 Å². The minimum Gasteiger partial charge on any atom is -0.359 e. The van der Waals surface area contributed by atoms with Gasteiger partial charge in [-0.25, -0.2) is 0 Å². The van der Waals surface area contributed by atoms with E-state index in [0.717, 1.165) is 37.7 Å². The van der Waals surface area contributed by atoms with Gasteiger partial charge < -0.3 is 20.3 Å². The number of carbonyl (C=O) groups is 3. The first kappa shape index (κ1) is 23.1. The Balaban J connectivity index is 1.44. The first-order valence-corrected chi connectivity index (χ1v) is 12.7. The molecule has 0 aromatic heterocycles. The summed E-state index contributed by atoms with van der Waals surface area (Å²) in [4.78, 5) is 42.7. The minimum absolute atomic E-state index is 0.133. The normalized spacial score (nSPS) is 33.1. The van der Waals surface area contributed by atoms with Crippen molar-refractivity contribution in [1.29, 1.82) is 0 Å². The second-order valence-electron chi connectivity index (χ2n) is 10.4. The monoisotopic (exact) mass is 465 g/mol. The van der Waals surface area contributed by atoms with Crippen LogP contribution in [0.3, 0.4) is 0 Å². The Morgan fingerprint density at radius 1 is 1.15 bits per heavy atom. The third-order valence-corrected chi connectivity index (χ3v) is 8.20. The number of likely N-dealkylation sites (tertiary alicyclic amines) is 1. The van der Waals surface area contributed by atoms with Crippen molar-refractivity contribution in [3.63, 3.8) is 0 Å². The Hall–Kier alpha value is -2.67. The molecule has 2 bridgehead atoms. The van der Waals surface area contributed by atoms with Gasteiger partial charge in [-0.2, -0.15) is 0 Å². The molecule has 7 nitrogen and oxygen atoms in total. The topological polar surface area (TPSA) is 87.7 Å². The van der Waals surface area contributed by atoms with Crippen molar-refractivity contribution in [2.24, 2.45) is 11.8 Å². The zero-order chi connectivity index (χ0) is 24.0. The molecule has 5 rings (SSSR count). The lowest BCUT2D eigenvalue weighted by Gasteiger charge is -2.36. The van der Waals surface area contributed by atoms with Gasteiger partial charge in [0.1, 0.15) is 11.6 Å². The molecule has 3 heterocycles. The van der Waals surface area contributed by atoms with Gasteiger partial charge in [0, 0.05) is 17.8 Å². The van der Waals surface area contributed by atoms with E-state index in [0.29, 0.717) is 5.69 Å². The van der Waals surface area contributed by atoms with E-state index >= 15 is 0 Å². The first-order chi connectivity index (χ1) is 16.4. The van der Waals surface area contributed by atoms with Crippen molar-refractivity contribution >= 4 is 23.4 Å². The number of nitrogens with zero attached hydrogens (tertiary/aromatic N) is 1. The predicted molar refractivity (Wildman–Crippen MR) is 129 cm³/mol. The molecule has 6 atom stereocenters. The van der Waals surface area contributed by atoms with Gasteiger partial charge in [-0.05, 0) is 45.2 Å². The Labute approximate surface area is 201 Å². The number of carbonyl (C=O) groups excluding carboxylic acids is 3. The second-order valence-corrected chi connectivity index (χ2v) is 10.4. The molecule has 3 fully saturated rings. The van der Waals surface area contributed by atoms with Crippen LogP contribution < -0.4 is 10.6 Å². The van der Waals surface area contributed by atoms with E-state index in [1.54, 1.807) is 4.90 Å². The fraction of sp³-hybridized carbons (Fsp3) is 0.593. The molecule has 4 aliphatic rings. The summed E-state index contributed by atoms with van der Waals surface area (Å²) in [6, 6.07) is 6.82. The maximum atomic E-state index is 13.8. The second kappa shape index (κ2) is 8.84. The third kappa shape index (κ3) is 3.65. The molecule has 2 saturated heterocycles. The summed E-state index contributed by atoms with van der Waals surface area (Å²) in [5, 5.41) is 6.19. The van der Waals surface area contributed by atoms with Crippen LogP contribution in [0.5, 0.6) is 0 Å². The van der Waals surface area contributed by atoms with Crippen LogP contribution in [-0.2, 0) is 19.1 Å². The summed E-state index contributed by atoms with van der Waals surface area (Å²) in [5.74, 6) is -1.93. The van der Waals surface area contributed by atoms with Crippen LogP contribution >= 0.6 is 0 Å². The average molecular weight is 466 g/mol. The predicted octanol–water partition coefficient (Wildman–Crippen LogP) is 3.33. The lowest BCUT2D eigenvalue weighted by Crippen LogP contribution is -2.58. The lowest BCUT2D eigenvalue weighted by molar-refractivity contribution is -0.143. The molecule has 3 aliphatic heterocycles. The molecule has 0 radical (unpaired) electrons. The quantitative estimate of drug-likeness (QED) is 0.631. The molecule has 7 heteroatoms. The molecule has 1 spiro atoms. The van der Waals surface area contributed by atoms with Gasteiger partial charge in [-0.1, -0.05) is 56.0 Å². The lowest BCUT2D eigenvalue weighted by atomic mass is 9.74. The number of rotatable bonds is 6. The Bertz CT molecular complexity index is 1000. The van der Waals surface area contributed by atoms with E-state index in [2.05, 4.69) is 10.6 Å². The molecule has 182 valence electrons. The Kier molecular flexibility index (Phi) is 6.00. The number of nitrogens with one attached hydrogen (secondary N) is 2. The number of fused-ring (bicyclic) bond motifs is 1. The van der Waals surface area contributed by atoms with E-state index in [1.807, 2.05) is 57.2 Å². The summed E-state index contributed by atoms with van der Waals surface area (Å²) >= 11 is 0. The van der Waals surface area contributed by atoms with Gasteiger partial charge in [-0.3, -0.25) is 14.4 Å². The zero-order valence-corrected chi connectivity index (χ0v) is 20.3. The summed E-state index contributed by atoms with van der Waals surface area (Å²) < 4.78 is 6.40. The molecule has 1 aromatic rings. The summed E-state index contributed by atoms with van der Waals surface area (Å²) in [7, 11) is 0. The fourth-order valence-corrected chi connectivity index (χ4v) is 6.27. The fourth-order valence-electron chi connectivity index (χ4n) is 6.27. The number of amides is 3. The average Bonchev–Trinajstić information content (AvgIpc) is 3.48. The van der Waals surface area contributed by atoms with E-state index in [1.165, 1.54) is 6.42 Å². The number of benzene rings is 1. The van der Waals surface area contributed by atoms with Gasteiger partial charge in [-0.15, -0.1) is 0 Å². The largest absolute Gasteiger partial charge is 0.359 e. The maximum Gasteiger partial charge on any atom is 0.246 e. The van der Waals surface area contributed by atoms with Crippen LogP contribution in [0.4, 0.5) is 5.69 Å². The van der Waals surface area contributed by atoms with E-state index in [4.69, 9.17) is 4.74 Å². The zero-order valence-electron chi connectivity index (χ0n) is 20.3. The van der Waals surface area contributed by atoms with Crippen molar-refractivity contribution in [3.05, 3.63) is 42.0 Å². The van der Waals surface area contributed by atoms with Crippen LogP contribution in [0.1, 0.15) is 57.9 Å². The van der Waals surface area contributed by atoms with Gasteiger partial charge in [0.25, 0.3) is 0 Å². The molecular formula is C27H35N3O4. The van der Waals surface area contributed by atoms with E-state index in [9.17, 15) is 14.4 Å². The van der Waals surface area contributed by atoms with Crippen LogP contribution in [0, 0.1) is 18.8 Å². The minimum atomic E-state index is -1.10. The third-order valence-electron chi connectivity index (χ3n) is 8.20.